The zero-order valence-electron chi connectivity index (χ0n) is 8.20. The van der Waals surface area contributed by atoms with Gasteiger partial charge < -0.3 is 5.32 Å². The lowest BCUT2D eigenvalue weighted by Gasteiger charge is -2.04. The molecule has 0 rings (SSSR count). The Hall–Kier alpha value is -0.0400. The first-order chi connectivity index (χ1) is 4.72. The molecule has 0 saturated heterocycles. The van der Waals surface area contributed by atoms with Gasteiger partial charge in [0.15, 0.2) is 0 Å². The van der Waals surface area contributed by atoms with Gasteiger partial charge in [0.05, 0.1) is 0 Å². The van der Waals surface area contributed by atoms with Gasteiger partial charge in [-0.15, -0.1) is 0 Å². The molecule has 0 spiro atoms. The molecule has 0 radical (unpaired) electrons. The van der Waals surface area contributed by atoms with Crippen LogP contribution < -0.4 is 5.32 Å². The highest BCUT2D eigenvalue weighted by atomic mass is 14.8. The number of nitrogens with one attached hydrogen (secondary N) is 1. The maximum Gasteiger partial charge on any atom is -0.00263 e. The molecular formula is C9H23N. The Bertz CT molecular complexity index is 44.0. The molecule has 1 unspecified atom stereocenters. The molecule has 0 fully saturated rings. The highest BCUT2D eigenvalue weighted by Crippen LogP contribution is 1.95. The smallest absolute Gasteiger partial charge is 0.00263 e. The number of hydrogen-bond acceptors (Lipinski definition) is 1. The van der Waals surface area contributed by atoms with E-state index in [1.54, 1.807) is 0 Å². The van der Waals surface area contributed by atoms with Crippen LogP contribution in [0.25, 0.3) is 0 Å². The van der Waals surface area contributed by atoms with Gasteiger partial charge in [-0.25, -0.2) is 0 Å². The first kappa shape index (κ1) is 12.6. The van der Waals surface area contributed by atoms with Crippen LogP contribution in [-0.2, 0) is 0 Å². The monoisotopic (exact) mass is 145 g/mol. The predicted molar refractivity (Wildman–Crippen MR) is 49.3 cm³/mol. The summed E-state index contributed by atoms with van der Waals surface area (Å²) in [6.07, 6.45) is 2.53. The fourth-order valence-corrected chi connectivity index (χ4v) is 0.493. The van der Waals surface area contributed by atoms with Crippen LogP contribution in [0.1, 0.15) is 40.5 Å². The SMILES string of the molecule is CCC.CCC(C)CNC. The molecule has 0 saturated carbocycles. The predicted octanol–water partition coefficient (Wildman–Crippen LogP) is 2.67. The first-order valence-corrected chi connectivity index (χ1v) is 4.37. The molecule has 1 N–H and O–H groups in total. The van der Waals surface area contributed by atoms with Crippen LogP contribution in [0.2, 0.25) is 0 Å². The van der Waals surface area contributed by atoms with Crippen molar-refractivity contribution in [2.45, 2.75) is 40.5 Å². The molecule has 1 atom stereocenters. The maximum atomic E-state index is 3.12. The van der Waals surface area contributed by atoms with E-state index in [0.29, 0.717) is 0 Å². The quantitative estimate of drug-likeness (QED) is 0.644. The standard InChI is InChI=1S/C6H15N.C3H8/c1-4-6(2)5-7-3;1-3-2/h6-7H,4-5H2,1-3H3;3H2,1-2H3. The van der Waals surface area contributed by atoms with Gasteiger partial charge in [-0.05, 0) is 19.5 Å². The van der Waals surface area contributed by atoms with Gasteiger partial charge in [0, 0.05) is 0 Å². The molecule has 0 heterocycles. The highest BCUT2D eigenvalue weighted by molar-refractivity contribution is 4.49. The van der Waals surface area contributed by atoms with Gasteiger partial charge in [-0.1, -0.05) is 40.5 Å². The average Bonchev–Trinajstić information content (AvgIpc) is 1.90. The molecule has 64 valence electrons. The lowest BCUT2D eigenvalue weighted by Crippen LogP contribution is -2.14. The highest BCUT2D eigenvalue weighted by Gasteiger charge is 1.91. The molecule has 0 aliphatic rings. The Morgan fingerprint density at radius 3 is 1.70 bits per heavy atom. The molecule has 0 aliphatic carbocycles. The van der Waals surface area contributed by atoms with Crippen molar-refractivity contribution in [1.82, 2.24) is 5.32 Å². The summed E-state index contributed by atoms with van der Waals surface area (Å²) in [5.41, 5.74) is 0. The topological polar surface area (TPSA) is 12.0 Å². The summed E-state index contributed by atoms with van der Waals surface area (Å²) in [5, 5.41) is 3.12. The molecule has 0 aromatic carbocycles. The van der Waals surface area contributed by atoms with E-state index in [0.717, 1.165) is 12.5 Å². The summed E-state index contributed by atoms with van der Waals surface area (Å²) in [7, 11) is 1.99. The Morgan fingerprint density at radius 2 is 1.60 bits per heavy atom. The van der Waals surface area contributed by atoms with E-state index in [9.17, 15) is 0 Å². The zero-order chi connectivity index (χ0) is 8.41. The molecule has 10 heavy (non-hydrogen) atoms. The third-order valence-corrected chi connectivity index (χ3v) is 1.25. The Morgan fingerprint density at radius 1 is 1.20 bits per heavy atom. The second-order valence-electron chi connectivity index (χ2n) is 2.78. The van der Waals surface area contributed by atoms with Gasteiger partial charge >= 0.3 is 0 Å². The number of hydrogen-bond donors (Lipinski definition) is 1. The molecule has 1 nitrogen and oxygen atoms in total. The molecule has 1 heteroatoms. The van der Waals surface area contributed by atoms with Gasteiger partial charge in [-0.3, -0.25) is 0 Å². The van der Waals surface area contributed by atoms with Gasteiger partial charge in [0.1, 0.15) is 0 Å². The van der Waals surface area contributed by atoms with Crippen molar-refractivity contribution in [2.75, 3.05) is 13.6 Å². The summed E-state index contributed by atoms with van der Waals surface area (Å²) in [6, 6.07) is 0. The normalized spacial score (nSPS) is 11.7. The molecule has 0 aliphatic heterocycles. The van der Waals surface area contributed by atoms with E-state index < -0.39 is 0 Å². The summed E-state index contributed by atoms with van der Waals surface area (Å²) in [5.74, 6) is 0.838. The summed E-state index contributed by atoms with van der Waals surface area (Å²) in [4.78, 5) is 0. The van der Waals surface area contributed by atoms with Gasteiger partial charge in [-0.2, -0.15) is 0 Å². The van der Waals surface area contributed by atoms with Crippen LogP contribution >= 0.6 is 0 Å². The largest absolute Gasteiger partial charge is 0.319 e. The molecule has 0 bridgehead atoms. The van der Waals surface area contributed by atoms with Gasteiger partial charge in [0.25, 0.3) is 0 Å². The van der Waals surface area contributed by atoms with Crippen LogP contribution in [0.3, 0.4) is 0 Å². The van der Waals surface area contributed by atoms with Crippen molar-refractivity contribution in [3.05, 3.63) is 0 Å². The van der Waals surface area contributed by atoms with Crippen LogP contribution in [0.4, 0.5) is 0 Å². The van der Waals surface area contributed by atoms with Crippen molar-refractivity contribution in [2.24, 2.45) is 5.92 Å². The maximum absolute atomic E-state index is 3.12. The van der Waals surface area contributed by atoms with Crippen LogP contribution in [0.5, 0.6) is 0 Å². The Kier molecular flexibility index (Phi) is 14.8. The fourth-order valence-electron chi connectivity index (χ4n) is 0.493. The van der Waals surface area contributed by atoms with Crippen LogP contribution in [-0.4, -0.2) is 13.6 Å². The van der Waals surface area contributed by atoms with E-state index in [2.05, 4.69) is 33.0 Å². The zero-order valence-corrected chi connectivity index (χ0v) is 8.20. The van der Waals surface area contributed by atoms with Gasteiger partial charge in [0.2, 0.25) is 0 Å². The van der Waals surface area contributed by atoms with Crippen molar-refractivity contribution in [3.63, 3.8) is 0 Å². The lowest BCUT2D eigenvalue weighted by molar-refractivity contribution is 0.528. The van der Waals surface area contributed by atoms with E-state index >= 15 is 0 Å². The van der Waals surface area contributed by atoms with Crippen molar-refractivity contribution in [3.8, 4) is 0 Å². The lowest BCUT2D eigenvalue weighted by atomic mass is 10.1. The van der Waals surface area contributed by atoms with Crippen LogP contribution in [0.15, 0.2) is 0 Å². The molecule has 0 amide bonds. The third-order valence-electron chi connectivity index (χ3n) is 1.25. The molecular weight excluding hydrogens is 122 g/mol. The summed E-state index contributed by atoms with van der Waals surface area (Å²) in [6.45, 7) is 9.86. The second kappa shape index (κ2) is 11.7. The fraction of sp³-hybridized carbons (Fsp3) is 1.00. The van der Waals surface area contributed by atoms with Crippen molar-refractivity contribution < 1.29 is 0 Å². The van der Waals surface area contributed by atoms with Crippen LogP contribution in [0, 0.1) is 5.92 Å². The summed E-state index contributed by atoms with van der Waals surface area (Å²) < 4.78 is 0. The molecule has 0 aromatic rings. The van der Waals surface area contributed by atoms with E-state index in [1.165, 1.54) is 12.8 Å². The minimum Gasteiger partial charge on any atom is -0.319 e. The summed E-state index contributed by atoms with van der Waals surface area (Å²) >= 11 is 0. The van der Waals surface area contributed by atoms with Crippen molar-refractivity contribution >= 4 is 0 Å². The third kappa shape index (κ3) is 15.7. The second-order valence-corrected chi connectivity index (χ2v) is 2.78. The molecule has 0 aromatic heterocycles. The van der Waals surface area contributed by atoms with Crippen molar-refractivity contribution in [1.29, 1.82) is 0 Å². The number of rotatable bonds is 3. The van der Waals surface area contributed by atoms with E-state index in [4.69, 9.17) is 0 Å². The minimum absolute atomic E-state index is 0.838. The first-order valence-electron chi connectivity index (χ1n) is 4.37. The Labute approximate surface area is 66.2 Å². The Balaban J connectivity index is 0. The average molecular weight is 145 g/mol. The minimum atomic E-state index is 0.838. The van der Waals surface area contributed by atoms with E-state index in [-0.39, 0.29) is 0 Å². The van der Waals surface area contributed by atoms with E-state index in [1.807, 2.05) is 7.05 Å².